The van der Waals surface area contributed by atoms with Crippen LogP contribution in [0.4, 0.5) is 0 Å². The largest absolute Gasteiger partial charge is 0.336 e. The van der Waals surface area contributed by atoms with Crippen LogP contribution in [0.15, 0.2) is 6.20 Å². The van der Waals surface area contributed by atoms with Gasteiger partial charge in [0.2, 0.25) is 5.91 Å². The lowest BCUT2D eigenvalue weighted by atomic mass is 9.49. The highest BCUT2D eigenvalue weighted by atomic mass is 16.5. The Hall–Kier alpha value is -2.02. The molecule has 5 aliphatic rings. The summed E-state index contributed by atoms with van der Waals surface area (Å²) in [6.07, 6.45) is 9.17. The first-order valence-electron chi connectivity index (χ1n) is 9.65. The van der Waals surface area contributed by atoms with Gasteiger partial charge in [-0.3, -0.25) is 19.8 Å². The van der Waals surface area contributed by atoms with Crippen LogP contribution >= 0.6 is 0 Å². The Morgan fingerprint density at radius 2 is 1.77 bits per heavy atom. The number of hydrogen-bond acceptors (Lipinski definition) is 5. The molecule has 2 N–H and O–H groups in total. The molecule has 4 aliphatic carbocycles. The Balaban J connectivity index is 1.36. The smallest absolute Gasteiger partial charge is 0.294 e. The Labute approximate surface area is 152 Å². The van der Waals surface area contributed by atoms with E-state index in [0.29, 0.717) is 25.4 Å². The zero-order valence-corrected chi connectivity index (χ0v) is 14.8. The zero-order valence-electron chi connectivity index (χ0n) is 14.8. The fourth-order valence-corrected chi connectivity index (χ4v) is 6.33. The first-order chi connectivity index (χ1) is 12.6. The van der Waals surface area contributed by atoms with E-state index < -0.39 is 5.91 Å². The Morgan fingerprint density at radius 1 is 1.12 bits per heavy atom. The highest BCUT2D eigenvalue weighted by Crippen LogP contribution is 2.60. The van der Waals surface area contributed by atoms with Gasteiger partial charge in [-0.2, -0.15) is 0 Å². The van der Waals surface area contributed by atoms with E-state index in [2.05, 4.69) is 9.97 Å². The van der Waals surface area contributed by atoms with Gasteiger partial charge in [0.05, 0.1) is 29.5 Å². The maximum atomic E-state index is 13.5. The van der Waals surface area contributed by atoms with Gasteiger partial charge in [0.25, 0.3) is 5.91 Å². The van der Waals surface area contributed by atoms with E-state index in [-0.39, 0.29) is 11.1 Å². The summed E-state index contributed by atoms with van der Waals surface area (Å²) >= 11 is 0. The normalized spacial score (nSPS) is 34.5. The van der Waals surface area contributed by atoms with Crippen LogP contribution < -0.4 is 5.48 Å². The molecule has 0 saturated heterocycles. The summed E-state index contributed by atoms with van der Waals surface area (Å²) in [5.74, 6) is 1.92. The van der Waals surface area contributed by atoms with Gasteiger partial charge in [0.15, 0.2) is 0 Å². The molecule has 0 unspecified atom stereocenters. The van der Waals surface area contributed by atoms with E-state index in [9.17, 15) is 9.59 Å². The number of hydrogen-bond donors (Lipinski definition) is 2. The van der Waals surface area contributed by atoms with Crippen molar-refractivity contribution in [3.8, 4) is 0 Å². The SMILES string of the molecule is O=C(NO)c1cnc2c(n1)CCN(C(=O)C13CC4CC(CC(C4)C1)C3)C2. The quantitative estimate of drug-likeness (QED) is 0.621. The van der Waals surface area contributed by atoms with Gasteiger partial charge in [0, 0.05) is 13.0 Å². The first-order valence-corrected chi connectivity index (χ1v) is 9.65. The molecule has 138 valence electrons. The lowest BCUT2D eigenvalue weighted by Gasteiger charge is -2.56. The maximum Gasteiger partial charge on any atom is 0.294 e. The minimum absolute atomic E-state index is 0.104. The van der Waals surface area contributed by atoms with E-state index in [4.69, 9.17) is 5.21 Å². The topological polar surface area (TPSA) is 95.4 Å². The highest BCUT2D eigenvalue weighted by Gasteiger charge is 2.55. The molecule has 0 spiro atoms. The number of aromatic nitrogens is 2. The second kappa shape index (κ2) is 5.74. The molecule has 0 aromatic carbocycles. The lowest BCUT2D eigenvalue weighted by Crippen LogP contribution is -2.55. The number of nitrogens with one attached hydrogen (secondary N) is 1. The summed E-state index contributed by atoms with van der Waals surface area (Å²) in [5.41, 5.74) is 3.08. The zero-order chi connectivity index (χ0) is 17.9. The first kappa shape index (κ1) is 16.2. The number of carbonyl (C=O) groups is 2. The van der Waals surface area contributed by atoms with Crippen LogP contribution in [0.1, 0.15) is 60.4 Å². The molecule has 4 saturated carbocycles. The molecule has 4 fully saturated rings. The number of carbonyl (C=O) groups excluding carboxylic acids is 2. The summed E-state index contributed by atoms with van der Waals surface area (Å²) in [7, 11) is 0. The Morgan fingerprint density at radius 3 is 2.38 bits per heavy atom. The maximum absolute atomic E-state index is 13.5. The summed E-state index contributed by atoms with van der Waals surface area (Å²) in [5, 5.41) is 8.74. The fraction of sp³-hybridized carbons (Fsp3) is 0.684. The van der Waals surface area contributed by atoms with Crippen molar-refractivity contribution in [1.29, 1.82) is 0 Å². The van der Waals surface area contributed by atoms with Crippen LogP contribution in [0.2, 0.25) is 0 Å². The van der Waals surface area contributed by atoms with Gasteiger partial charge in [-0.05, 0) is 56.3 Å². The molecule has 6 rings (SSSR count). The standard InChI is InChI=1S/C19H24N4O3/c24-17(22-26)15-9-20-16-10-23(2-1-14(16)21-15)18(25)19-6-11-3-12(7-19)5-13(4-11)8-19/h9,11-13,26H,1-8,10H2,(H,22,24). The number of fused-ring (bicyclic) bond motifs is 1. The van der Waals surface area contributed by atoms with E-state index in [1.54, 1.807) is 5.48 Å². The van der Waals surface area contributed by atoms with Crippen molar-refractivity contribution in [2.45, 2.75) is 51.5 Å². The van der Waals surface area contributed by atoms with Crippen LogP contribution in [0.3, 0.4) is 0 Å². The van der Waals surface area contributed by atoms with Gasteiger partial charge in [-0.25, -0.2) is 10.5 Å². The van der Waals surface area contributed by atoms with Crippen LogP contribution in [-0.4, -0.2) is 38.4 Å². The van der Waals surface area contributed by atoms with Crippen molar-refractivity contribution in [2.24, 2.45) is 23.2 Å². The van der Waals surface area contributed by atoms with Crippen LogP contribution in [-0.2, 0) is 17.8 Å². The molecule has 1 aromatic heterocycles. The Bertz CT molecular complexity index is 743. The van der Waals surface area contributed by atoms with Gasteiger partial charge in [0.1, 0.15) is 5.69 Å². The average molecular weight is 356 g/mol. The molecular weight excluding hydrogens is 332 g/mol. The van der Waals surface area contributed by atoms with Gasteiger partial charge in [-0.1, -0.05) is 0 Å². The summed E-state index contributed by atoms with van der Waals surface area (Å²) in [6, 6.07) is 0. The molecule has 2 heterocycles. The van der Waals surface area contributed by atoms with Gasteiger partial charge in [-0.15, -0.1) is 0 Å². The minimum atomic E-state index is -0.660. The third kappa shape index (κ3) is 2.44. The fourth-order valence-electron chi connectivity index (χ4n) is 6.33. The summed E-state index contributed by atoms with van der Waals surface area (Å²) < 4.78 is 0. The van der Waals surface area contributed by atoms with E-state index in [1.807, 2.05) is 4.90 Å². The van der Waals surface area contributed by atoms with E-state index in [0.717, 1.165) is 48.4 Å². The summed E-state index contributed by atoms with van der Waals surface area (Å²) in [6.45, 7) is 1.11. The number of hydroxylamine groups is 1. The monoisotopic (exact) mass is 356 g/mol. The molecule has 0 radical (unpaired) electrons. The van der Waals surface area contributed by atoms with Crippen molar-refractivity contribution >= 4 is 11.8 Å². The molecule has 7 nitrogen and oxygen atoms in total. The molecule has 4 bridgehead atoms. The predicted molar refractivity (Wildman–Crippen MR) is 91.0 cm³/mol. The number of rotatable bonds is 2. The summed E-state index contributed by atoms with van der Waals surface area (Å²) in [4.78, 5) is 35.6. The lowest BCUT2D eigenvalue weighted by molar-refractivity contribution is -0.158. The molecular formula is C19H24N4O3. The second-order valence-corrected chi connectivity index (χ2v) is 8.76. The molecule has 1 aromatic rings. The van der Waals surface area contributed by atoms with Crippen molar-refractivity contribution in [2.75, 3.05) is 6.54 Å². The number of nitrogens with zero attached hydrogens (tertiary/aromatic N) is 3. The number of amides is 2. The third-order valence-electron chi connectivity index (χ3n) is 7.00. The molecule has 1 aliphatic heterocycles. The van der Waals surface area contributed by atoms with Crippen LogP contribution in [0.5, 0.6) is 0 Å². The van der Waals surface area contributed by atoms with Gasteiger partial charge >= 0.3 is 0 Å². The average Bonchev–Trinajstić information content (AvgIpc) is 2.65. The molecule has 7 heteroatoms. The van der Waals surface area contributed by atoms with Crippen LogP contribution in [0.25, 0.3) is 0 Å². The molecule has 0 atom stereocenters. The second-order valence-electron chi connectivity index (χ2n) is 8.76. The van der Waals surface area contributed by atoms with Crippen molar-refractivity contribution in [3.05, 3.63) is 23.3 Å². The van der Waals surface area contributed by atoms with E-state index >= 15 is 0 Å². The van der Waals surface area contributed by atoms with Gasteiger partial charge < -0.3 is 4.90 Å². The Kier molecular flexibility index (Phi) is 3.57. The van der Waals surface area contributed by atoms with Crippen molar-refractivity contribution < 1.29 is 14.8 Å². The highest BCUT2D eigenvalue weighted by molar-refractivity contribution is 5.91. The van der Waals surface area contributed by atoms with E-state index in [1.165, 1.54) is 25.5 Å². The van der Waals surface area contributed by atoms with Crippen LogP contribution in [0, 0.1) is 23.2 Å². The molecule has 2 amide bonds. The third-order valence-corrected chi connectivity index (χ3v) is 7.00. The molecule has 26 heavy (non-hydrogen) atoms. The van der Waals surface area contributed by atoms with Crippen molar-refractivity contribution in [3.63, 3.8) is 0 Å². The predicted octanol–water partition coefficient (Wildman–Crippen LogP) is 1.70. The van der Waals surface area contributed by atoms with Crippen molar-refractivity contribution in [1.82, 2.24) is 20.3 Å². The minimum Gasteiger partial charge on any atom is -0.336 e.